The lowest BCUT2D eigenvalue weighted by Crippen LogP contribution is -2.16. The molecule has 0 heterocycles. The second kappa shape index (κ2) is 2.77. The van der Waals surface area contributed by atoms with Crippen molar-refractivity contribution in [2.24, 2.45) is 0 Å². The fraction of sp³-hybridized carbons (Fsp3) is 0.143. The van der Waals surface area contributed by atoms with Crippen LogP contribution in [-0.2, 0) is 0 Å². The molecule has 0 aliphatic heterocycles. The molecule has 0 N–H and O–H groups in total. The van der Waals surface area contributed by atoms with E-state index in [1.54, 1.807) is 0 Å². The van der Waals surface area contributed by atoms with Gasteiger partial charge in [0.15, 0.2) is 7.28 Å². The molecule has 0 aromatic heterocycles. The average molecular weight is 116 g/mol. The Morgan fingerprint density at radius 2 is 2.22 bits per heavy atom. The minimum atomic E-state index is 1.14. The van der Waals surface area contributed by atoms with E-state index in [-0.39, 0.29) is 0 Å². The number of hydrogen-bond acceptors (Lipinski definition) is 0. The van der Waals surface area contributed by atoms with Crippen molar-refractivity contribution in [2.75, 3.05) is 0 Å². The summed E-state index contributed by atoms with van der Waals surface area (Å²) in [5.74, 6) is 0. The molecule has 0 saturated carbocycles. The van der Waals surface area contributed by atoms with Crippen LogP contribution < -0.4 is 10.9 Å². The van der Waals surface area contributed by atoms with Gasteiger partial charge in [0.25, 0.3) is 0 Å². The monoisotopic (exact) mass is 116 g/mol. The van der Waals surface area contributed by atoms with Gasteiger partial charge in [-0.05, 0) is 0 Å². The first-order valence-corrected chi connectivity index (χ1v) is 3.38. The summed E-state index contributed by atoms with van der Waals surface area (Å²) in [7, 11) is 3.26. The molecular formula is C7H10B2. The van der Waals surface area contributed by atoms with Crippen molar-refractivity contribution in [3.05, 3.63) is 24.3 Å². The molecule has 0 bridgehead atoms. The summed E-state index contributed by atoms with van der Waals surface area (Å²) in [5, 5.41) is 0. The SMILES string of the molecule is Bc1cccc(BC)c1. The molecule has 9 heavy (non-hydrogen) atoms. The zero-order chi connectivity index (χ0) is 6.69. The van der Waals surface area contributed by atoms with Crippen LogP contribution in [0.15, 0.2) is 24.3 Å². The summed E-state index contributed by atoms with van der Waals surface area (Å²) in [6.07, 6.45) is 0. The van der Waals surface area contributed by atoms with Gasteiger partial charge in [0.1, 0.15) is 7.85 Å². The maximum absolute atomic E-state index is 2.22. The van der Waals surface area contributed by atoms with Gasteiger partial charge in [-0.15, -0.1) is 0 Å². The number of benzene rings is 1. The zero-order valence-electron chi connectivity index (χ0n) is 6.02. The molecule has 0 amide bonds. The summed E-state index contributed by atoms with van der Waals surface area (Å²) in [6, 6.07) is 8.61. The van der Waals surface area contributed by atoms with Crippen LogP contribution in [0.5, 0.6) is 0 Å². The smallest absolute Gasteiger partial charge is 0.0895 e. The lowest BCUT2D eigenvalue weighted by Gasteiger charge is -1.94. The maximum Gasteiger partial charge on any atom is 0.154 e. The fourth-order valence-electron chi connectivity index (χ4n) is 0.932. The van der Waals surface area contributed by atoms with E-state index in [0.29, 0.717) is 0 Å². The van der Waals surface area contributed by atoms with Crippen LogP contribution >= 0.6 is 0 Å². The molecular weight excluding hydrogens is 106 g/mol. The van der Waals surface area contributed by atoms with Crippen LogP contribution in [0, 0.1) is 0 Å². The van der Waals surface area contributed by atoms with E-state index in [1.807, 2.05) is 0 Å². The van der Waals surface area contributed by atoms with Crippen molar-refractivity contribution >= 4 is 26.1 Å². The summed E-state index contributed by atoms with van der Waals surface area (Å²) >= 11 is 0. The van der Waals surface area contributed by atoms with Crippen molar-refractivity contribution in [1.82, 2.24) is 0 Å². The first-order chi connectivity index (χ1) is 4.33. The van der Waals surface area contributed by atoms with Gasteiger partial charge in [0.2, 0.25) is 0 Å². The molecule has 0 aliphatic carbocycles. The molecule has 44 valence electrons. The van der Waals surface area contributed by atoms with E-state index < -0.39 is 0 Å². The summed E-state index contributed by atoms with van der Waals surface area (Å²) in [6.45, 7) is 2.18. The van der Waals surface area contributed by atoms with E-state index in [2.05, 4.69) is 38.9 Å². The lowest BCUT2D eigenvalue weighted by molar-refractivity contribution is 1.83. The molecule has 0 aliphatic rings. The molecule has 0 unspecified atom stereocenters. The molecule has 1 aromatic carbocycles. The third-order valence-electron chi connectivity index (χ3n) is 1.49. The van der Waals surface area contributed by atoms with Gasteiger partial charge in [-0.2, -0.15) is 0 Å². The molecule has 0 spiro atoms. The highest BCUT2D eigenvalue weighted by Gasteiger charge is 1.87. The second-order valence-electron chi connectivity index (χ2n) is 2.34. The predicted molar refractivity (Wildman–Crippen MR) is 47.3 cm³/mol. The topological polar surface area (TPSA) is 0 Å². The molecule has 0 nitrogen and oxygen atoms in total. The Hall–Kier alpha value is -0.650. The van der Waals surface area contributed by atoms with E-state index >= 15 is 0 Å². The largest absolute Gasteiger partial charge is 0.154 e. The van der Waals surface area contributed by atoms with Gasteiger partial charge >= 0.3 is 0 Å². The quantitative estimate of drug-likeness (QED) is 0.415. The first kappa shape index (κ1) is 6.47. The van der Waals surface area contributed by atoms with Gasteiger partial charge in [-0.25, -0.2) is 0 Å². The van der Waals surface area contributed by atoms with Crippen LogP contribution in [-0.4, -0.2) is 15.1 Å². The Kier molecular flexibility index (Phi) is 1.99. The minimum Gasteiger partial charge on any atom is -0.0895 e. The van der Waals surface area contributed by atoms with E-state index in [0.717, 1.165) is 7.28 Å². The molecule has 1 rings (SSSR count). The summed E-state index contributed by atoms with van der Waals surface area (Å²) < 4.78 is 0. The molecule has 0 atom stereocenters. The highest BCUT2D eigenvalue weighted by molar-refractivity contribution is 6.52. The second-order valence-corrected chi connectivity index (χ2v) is 2.34. The third kappa shape index (κ3) is 1.63. The predicted octanol–water partition coefficient (Wildman–Crippen LogP) is -0.945. The van der Waals surface area contributed by atoms with Crippen molar-refractivity contribution in [3.63, 3.8) is 0 Å². The van der Waals surface area contributed by atoms with Crippen molar-refractivity contribution in [3.8, 4) is 0 Å². The number of hydrogen-bond donors (Lipinski definition) is 0. The van der Waals surface area contributed by atoms with Gasteiger partial charge in [0.05, 0.1) is 0 Å². The normalized spacial score (nSPS) is 9.00. The highest BCUT2D eigenvalue weighted by atomic mass is 13.8. The lowest BCUT2D eigenvalue weighted by atomic mass is 9.72. The van der Waals surface area contributed by atoms with Crippen LogP contribution in [0.3, 0.4) is 0 Å². The molecule has 1 aromatic rings. The Morgan fingerprint density at radius 1 is 1.44 bits per heavy atom. The van der Waals surface area contributed by atoms with E-state index in [9.17, 15) is 0 Å². The Labute approximate surface area is 57.9 Å². The third-order valence-corrected chi connectivity index (χ3v) is 1.49. The van der Waals surface area contributed by atoms with Gasteiger partial charge in [-0.3, -0.25) is 0 Å². The van der Waals surface area contributed by atoms with Crippen molar-refractivity contribution < 1.29 is 0 Å². The molecule has 0 radical (unpaired) electrons. The average Bonchev–Trinajstić information content (AvgIpc) is 1.88. The van der Waals surface area contributed by atoms with Gasteiger partial charge < -0.3 is 0 Å². The maximum atomic E-state index is 2.22. The van der Waals surface area contributed by atoms with E-state index in [4.69, 9.17) is 0 Å². The van der Waals surface area contributed by atoms with Crippen molar-refractivity contribution in [1.29, 1.82) is 0 Å². The van der Waals surface area contributed by atoms with Crippen LogP contribution in [0.1, 0.15) is 0 Å². The van der Waals surface area contributed by atoms with Crippen LogP contribution in [0.2, 0.25) is 6.82 Å². The Bertz CT molecular complexity index is 196. The van der Waals surface area contributed by atoms with Crippen LogP contribution in [0.25, 0.3) is 0 Å². The number of rotatable bonds is 1. The van der Waals surface area contributed by atoms with Gasteiger partial charge in [0, 0.05) is 0 Å². The highest BCUT2D eigenvalue weighted by Crippen LogP contribution is 1.76. The fourth-order valence-corrected chi connectivity index (χ4v) is 0.932. The molecule has 2 heteroatoms. The van der Waals surface area contributed by atoms with Crippen molar-refractivity contribution in [2.45, 2.75) is 6.82 Å². The molecule has 0 saturated heterocycles. The van der Waals surface area contributed by atoms with E-state index in [1.165, 1.54) is 10.9 Å². The minimum absolute atomic E-state index is 1.14. The summed E-state index contributed by atoms with van der Waals surface area (Å²) in [4.78, 5) is 0. The Balaban J connectivity index is 2.94. The summed E-state index contributed by atoms with van der Waals surface area (Å²) in [5.41, 5.74) is 2.78. The zero-order valence-corrected chi connectivity index (χ0v) is 6.02. The molecule has 0 fully saturated rings. The first-order valence-electron chi connectivity index (χ1n) is 3.38. The van der Waals surface area contributed by atoms with Gasteiger partial charge in [-0.1, -0.05) is 42.0 Å². The standard InChI is InChI=1S/C7H10B2/c1-9-7-4-2-3-6(8)5-7/h2-5,9H,8H2,1H3. The van der Waals surface area contributed by atoms with Crippen LogP contribution in [0.4, 0.5) is 0 Å². The Morgan fingerprint density at radius 3 is 2.67 bits per heavy atom.